The van der Waals surface area contributed by atoms with Crippen LogP contribution in [0.5, 0.6) is 0 Å². The van der Waals surface area contributed by atoms with E-state index in [1.54, 1.807) is 23.6 Å². The fourth-order valence-electron chi connectivity index (χ4n) is 4.62. The zero-order valence-electron chi connectivity index (χ0n) is 19.5. The SMILES string of the molecule is CC(=O)N1c2ccc(-c3ccc4c(c3)CCN4S(C)(=O)=O)cc2N(C(=O)OC(C)C)C[C@@H]1C. The number of ether oxygens (including phenoxy) is 1. The number of sulfonamides is 1. The number of fused-ring (bicyclic) bond motifs is 2. The Balaban J connectivity index is 1.77. The van der Waals surface area contributed by atoms with Gasteiger partial charge in [-0.2, -0.15) is 0 Å². The predicted molar refractivity (Wildman–Crippen MR) is 129 cm³/mol. The van der Waals surface area contributed by atoms with E-state index in [4.69, 9.17) is 4.74 Å². The van der Waals surface area contributed by atoms with Gasteiger partial charge in [0.15, 0.2) is 0 Å². The molecule has 1 atom stereocenters. The van der Waals surface area contributed by atoms with Crippen LogP contribution in [0.3, 0.4) is 0 Å². The molecule has 2 aromatic carbocycles. The van der Waals surface area contributed by atoms with Crippen molar-refractivity contribution in [1.82, 2.24) is 0 Å². The molecule has 0 spiro atoms. The minimum atomic E-state index is -3.31. The van der Waals surface area contributed by atoms with Gasteiger partial charge in [-0.05, 0) is 68.1 Å². The fraction of sp³-hybridized carbons (Fsp3) is 0.417. The minimum Gasteiger partial charge on any atom is -0.446 e. The van der Waals surface area contributed by atoms with Crippen LogP contribution in [0.15, 0.2) is 36.4 Å². The summed E-state index contributed by atoms with van der Waals surface area (Å²) in [4.78, 5) is 28.5. The van der Waals surface area contributed by atoms with Crippen molar-refractivity contribution in [3.8, 4) is 11.1 Å². The van der Waals surface area contributed by atoms with E-state index < -0.39 is 16.1 Å². The average molecular weight is 472 g/mol. The van der Waals surface area contributed by atoms with Crippen LogP contribution < -0.4 is 14.1 Å². The number of benzene rings is 2. The first-order chi connectivity index (χ1) is 15.5. The van der Waals surface area contributed by atoms with Crippen molar-refractivity contribution in [2.45, 2.75) is 46.3 Å². The van der Waals surface area contributed by atoms with E-state index in [9.17, 15) is 18.0 Å². The highest BCUT2D eigenvalue weighted by Crippen LogP contribution is 2.40. The first-order valence-electron chi connectivity index (χ1n) is 11.0. The standard InChI is InChI=1S/C24H29N3O5S/c1-15(2)32-24(29)25-14-16(3)27(17(4)28)22-9-7-19(13-23(22)25)18-6-8-21-20(12-18)10-11-26(21)33(5,30)31/h6-9,12-13,15-16H,10-11,14H2,1-5H3/t16-/m0/s1. The van der Waals surface area contributed by atoms with E-state index >= 15 is 0 Å². The van der Waals surface area contributed by atoms with Crippen molar-refractivity contribution in [2.24, 2.45) is 0 Å². The highest BCUT2D eigenvalue weighted by Gasteiger charge is 2.35. The summed E-state index contributed by atoms with van der Waals surface area (Å²) in [6.07, 6.45) is 1.14. The third kappa shape index (κ3) is 4.29. The number of rotatable bonds is 3. The molecule has 33 heavy (non-hydrogen) atoms. The van der Waals surface area contributed by atoms with Gasteiger partial charge in [-0.25, -0.2) is 13.2 Å². The summed E-state index contributed by atoms with van der Waals surface area (Å²) < 4.78 is 31.0. The van der Waals surface area contributed by atoms with E-state index in [0.717, 1.165) is 16.7 Å². The molecule has 0 N–H and O–H groups in total. The Hall–Kier alpha value is -3.07. The van der Waals surface area contributed by atoms with Gasteiger partial charge in [0.1, 0.15) is 0 Å². The number of carbonyl (C=O) groups excluding carboxylic acids is 2. The number of nitrogens with zero attached hydrogens (tertiary/aromatic N) is 3. The third-order valence-corrected chi connectivity index (χ3v) is 7.16. The topological polar surface area (TPSA) is 87.2 Å². The van der Waals surface area contributed by atoms with Crippen molar-refractivity contribution >= 4 is 39.1 Å². The lowest BCUT2D eigenvalue weighted by Crippen LogP contribution is -2.51. The molecular weight excluding hydrogens is 442 g/mol. The van der Waals surface area contributed by atoms with E-state index in [1.807, 2.05) is 43.3 Å². The van der Waals surface area contributed by atoms with Gasteiger partial charge in [0.05, 0.1) is 35.5 Å². The molecule has 0 saturated carbocycles. The molecule has 2 aliphatic rings. The van der Waals surface area contributed by atoms with Gasteiger partial charge < -0.3 is 9.64 Å². The second kappa shape index (κ2) is 8.37. The molecule has 0 bridgehead atoms. The summed E-state index contributed by atoms with van der Waals surface area (Å²) in [6.45, 7) is 7.78. The summed E-state index contributed by atoms with van der Waals surface area (Å²) in [6, 6.07) is 11.2. The molecule has 0 saturated heterocycles. The smallest absolute Gasteiger partial charge is 0.414 e. The van der Waals surface area contributed by atoms with Crippen LogP contribution in [0.1, 0.15) is 33.3 Å². The van der Waals surface area contributed by atoms with Crippen LogP contribution in [0, 0.1) is 0 Å². The summed E-state index contributed by atoms with van der Waals surface area (Å²) in [5, 5.41) is 0. The van der Waals surface area contributed by atoms with E-state index in [-0.39, 0.29) is 18.1 Å². The number of hydrogen-bond donors (Lipinski definition) is 0. The quantitative estimate of drug-likeness (QED) is 0.680. The van der Waals surface area contributed by atoms with Crippen LogP contribution in [-0.2, 0) is 26.0 Å². The lowest BCUT2D eigenvalue weighted by Gasteiger charge is -2.40. The maximum Gasteiger partial charge on any atom is 0.414 e. The Kier molecular flexibility index (Phi) is 5.86. The molecule has 176 valence electrons. The maximum atomic E-state index is 12.9. The molecular formula is C24H29N3O5S. The minimum absolute atomic E-state index is 0.0909. The monoisotopic (exact) mass is 471 g/mol. The molecule has 2 aromatic rings. The molecule has 0 fully saturated rings. The van der Waals surface area contributed by atoms with Crippen LogP contribution in [0.4, 0.5) is 21.9 Å². The van der Waals surface area contributed by atoms with Gasteiger partial charge in [0.25, 0.3) is 0 Å². The van der Waals surface area contributed by atoms with Gasteiger partial charge >= 0.3 is 6.09 Å². The summed E-state index contributed by atoms with van der Waals surface area (Å²) in [5.41, 5.74) is 4.73. The van der Waals surface area contributed by atoms with E-state index in [1.165, 1.54) is 17.5 Å². The van der Waals surface area contributed by atoms with Crippen molar-refractivity contribution in [2.75, 3.05) is 33.5 Å². The first-order valence-corrected chi connectivity index (χ1v) is 12.8. The van der Waals surface area contributed by atoms with Crippen LogP contribution in [-0.4, -0.2) is 51.9 Å². The molecule has 0 aliphatic carbocycles. The van der Waals surface area contributed by atoms with Gasteiger partial charge in [-0.3, -0.25) is 14.0 Å². The second-order valence-electron chi connectivity index (χ2n) is 8.91. The Morgan fingerprint density at radius 2 is 1.67 bits per heavy atom. The van der Waals surface area contributed by atoms with Gasteiger partial charge in [-0.15, -0.1) is 0 Å². The van der Waals surface area contributed by atoms with Gasteiger partial charge in [0.2, 0.25) is 15.9 Å². The average Bonchev–Trinajstić information content (AvgIpc) is 3.15. The maximum absolute atomic E-state index is 12.9. The summed E-state index contributed by atoms with van der Waals surface area (Å²) >= 11 is 0. The summed E-state index contributed by atoms with van der Waals surface area (Å²) in [7, 11) is -3.31. The van der Waals surface area contributed by atoms with Gasteiger partial charge in [0, 0.05) is 20.0 Å². The van der Waals surface area contributed by atoms with Crippen LogP contribution in [0.25, 0.3) is 11.1 Å². The molecule has 2 heterocycles. The lowest BCUT2D eigenvalue weighted by molar-refractivity contribution is -0.117. The van der Waals surface area contributed by atoms with Crippen LogP contribution in [0.2, 0.25) is 0 Å². The van der Waals surface area contributed by atoms with Crippen molar-refractivity contribution in [3.63, 3.8) is 0 Å². The van der Waals surface area contributed by atoms with E-state index in [2.05, 4.69) is 0 Å². The van der Waals surface area contributed by atoms with Crippen molar-refractivity contribution in [1.29, 1.82) is 0 Å². The molecule has 0 radical (unpaired) electrons. The molecule has 0 aromatic heterocycles. The Morgan fingerprint density at radius 3 is 2.27 bits per heavy atom. The van der Waals surface area contributed by atoms with E-state index in [0.29, 0.717) is 36.6 Å². The molecule has 0 unspecified atom stereocenters. The number of carbonyl (C=O) groups is 2. The lowest BCUT2D eigenvalue weighted by atomic mass is 9.98. The highest BCUT2D eigenvalue weighted by molar-refractivity contribution is 7.92. The third-order valence-electron chi connectivity index (χ3n) is 5.98. The summed E-state index contributed by atoms with van der Waals surface area (Å²) in [5.74, 6) is -0.0909. The molecule has 9 heteroatoms. The Morgan fingerprint density at radius 1 is 1.03 bits per heavy atom. The first kappa shape index (κ1) is 23.1. The second-order valence-corrected chi connectivity index (χ2v) is 10.8. The predicted octanol–water partition coefficient (Wildman–Crippen LogP) is 3.78. The molecule has 4 rings (SSSR count). The molecule has 2 amide bonds. The molecule has 8 nitrogen and oxygen atoms in total. The number of amides is 2. The zero-order chi connectivity index (χ0) is 24.1. The zero-order valence-corrected chi connectivity index (χ0v) is 20.3. The Labute approximate surface area is 194 Å². The highest BCUT2D eigenvalue weighted by atomic mass is 32.2. The Bertz CT molecular complexity index is 1220. The van der Waals surface area contributed by atoms with Crippen molar-refractivity contribution < 1.29 is 22.7 Å². The van der Waals surface area contributed by atoms with Gasteiger partial charge in [-0.1, -0.05) is 12.1 Å². The molecule has 2 aliphatic heterocycles. The number of hydrogen-bond acceptors (Lipinski definition) is 5. The fourth-order valence-corrected chi connectivity index (χ4v) is 5.58. The normalized spacial score (nSPS) is 17.8. The van der Waals surface area contributed by atoms with Crippen molar-refractivity contribution in [3.05, 3.63) is 42.0 Å². The van der Waals surface area contributed by atoms with Crippen LogP contribution >= 0.6 is 0 Å². The number of anilines is 3. The largest absolute Gasteiger partial charge is 0.446 e.